The minimum Gasteiger partial charge on any atom is -0.398 e. The van der Waals surface area contributed by atoms with Crippen molar-refractivity contribution in [1.82, 2.24) is 4.90 Å². The predicted octanol–water partition coefficient (Wildman–Crippen LogP) is 3.93. The average molecular weight is 440 g/mol. The molecule has 0 bridgehead atoms. The lowest BCUT2D eigenvalue weighted by Crippen LogP contribution is -2.40. The van der Waals surface area contributed by atoms with E-state index < -0.39 is 35.6 Å². The molecule has 1 aromatic rings. The van der Waals surface area contributed by atoms with Gasteiger partial charge in [-0.25, -0.2) is 0 Å². The Bertz CT molecular complexity index is 740. The van der Waals surface area contributed by atoms with E-state index in [1.807, 2.05) is 4.90 Å². The highest BCUT2D eigenvalue weighted by Gasteiger charge is 2.37. The highest BCUT2D eigenvalue weighted by Crippen LogP contribution is 2.39. The first-order chi connectivity index (χ1) is 13.8. The second kappa shape index (κ2) is 9.57. The topological polar surface area (TPSA) is 69.7 Å². The van der Waals surface area contributed by atoms with Crippen LogP contribution in [0.1, 0.15) is 30.9 Å². The second-order valence-electron chi connectivity index (χ2n) is 7.66. The molecule has 1 saturated heterocycles. The van der Waals surface area contributed by atoms with Gasteiger partial charge in [0.15, 0.2) is 0 Å². The minimum atomic E-state index is -4.78. The summed E-state index contributed by atoms with van der Waals surface area (Å²) in [6, 6.07) is 2.98. The molecule has 4 N–H and O–H groups in total. The number of hydrogen-bond acceptors (Lipinski definition) is 4. The van der Waals surface area contributed by atoms with Crippen molar-refractivity contribution >= 4 is 11.3 Å². The molecule has 2 rings (SSSR count). The van der Waals surface area contributed by atoms with E-state index in [0.29, 0.717) is 25.9 Å². The van der Waals surface area contributed by atoms with Crippen LogP contribution in [-0.2, 0) is 6.18 Å². The Balaban J connectivity index is 2.38. The summed E-state index contributed by atoms with van der Waals surface area (Å²) in [4.78, 5) is 1.81. The van der Waals surface area contributed by atoms with E-state index in [0.717, 1.165) is 25.1 Å². The number of aliphatic hydroxyl groups excluding tert-OH is 2. The standard InChI is InChI=1S/C20H26F6N2O2/c1-12(19(21,22)23)9-15(14-3-2-4-16(18(14)27)20(24,25)26)17(30)10-28-7-5-13(11-29)6-8-28/h2-4,9,12-13,17,29-30H,5-8,10-11,27H2,1H3. The summed E-state index contributed by atoms with van der Waals surface area (Å²) in [6.45, 7) is 1.88. The van der Waals surface area contributed by atoms with E-state index in [4.69, 9.17) is 5.73 Å². The number of nitrogens with zero attached hydrogens (tertiary/aromatic N) is 1. The molecule has 1 aliphatic rings. The number of benzene rings is 1. The molecule has 170 valence electrons. The van der Waals surface area contributed by atoms with Gasteiger partial charge in [-0.05, 0) is 43.5 Å². The molecule has 1 heterocycles. The minimum absolute atomic E-state index is 0.0331. The zero-order chi connectivity index (χ0) is 22.7. The highest BCUT2D eigenvalue weighted by atomic mass is 19.4. The maximum atomic E-state index is 13.2. The fraction of sp³-hybridized carbons (Fsp3) is 0.600. The Morgan fingerprint density at radius 1 is 1.20 bits per heavy atom. The van der Waals surface area contributed by atoms with Crippen LogP contribution in [0.3, 0.4) is 0 Å². The third-order valence-corrected chi connectivity index (χ3v) is 5.42. The zero-order valence-electron chi connectivity index (χ0n) is 16.5. The maximum absolute atomic E-state index is 13.2. The first kappa shape index (κ1) is 24.5. The van der Waals surface area contributed by atoms with Crippen molar-refractivity contribution in [1.29, 1.82) is 0 Å². The number of piperidine rings is 1. The Morgan fingerprint density at radius 3 is 2.30 bits per heavy atom. The molecule has 0 spiro atoms. The molecule has 0 amide bonds. The van der Waals surface area contributed by atoms with E-state index in [-0.39, 0.29) is 30.2 Å². The number of β-amino-alcohol motifs (C(OH)–C–C–N with tert-alkyl or cyclic N) is 1. The molecule has 0 aromatic heterocycles. The fourth-order valence-electron chi connectivity index (χ4n) is 3.50. The van der Waals surface area contributed by atoms with Gasteiger partial charge in [0.25, 0.3) is 0 Å². The third kappa shape index (κ3) is 6.12. The molecular weight excluding hydrogens is 414 g/mol. The van der Waals surface area contributed by atoms with Gasteiger partial charge in [0.05, 0.1) is 23.3 Å². The monoisotopic (exact) mass is 440 g/mol. The van der Waals surface area contributed by atoms with Gasteiger partial charge in [-0.2, -0.15) is 26.3 Å². The van der Waals surface area contributed by atoms with Crippen LogP contribution in [0.2, 0.25) is 0 Å². The fourth-order valence-corrected chi connectivity index (χ4v) is 3.50. The van der Waals surface area contributed by atoms with Gasteiger partial charge in [-0.3, -0.25) is 0 Å². The highest BCUT2D eigenvalue weighted by molar-refractivity contribution is 5.79. The van der Waals surface area contributed by atoms with Crippen molar-refractivity contribution in [2.75, 3.05) is 32.0 Å². The smallest absolute Gasteiger partial charge is 0.398 e. The summed E-state index contributed by atoms with van der Waals surface area (Å²) in [5.41, 5.74) is 3.23. The first-order valence-electron chi connectivity index (χ1n) is 9.60. The zero-order valence-corrected chi connectivity index (χ0v) is 16.5. The van der Waals surface area contributed by atoms with Crippen LogP contribution < -0.4 is 5.73 Å². The summed E-state index contributed by atoms with van der Waals surface area (Å²) in [5, 5.41) is 19.9. The van der Waals surface area contributed by atoms with Crippen LogP contribution in [0.4, 0.5) is 32.0 Å². The molecule has 4 nitrogen and oxygen atoms in total. The van der Waals surface area contributed by atoms with Crippen molar-refractivity contribution in [2.24, 2.45) is 11.8 Å². The number of halogens is 6. The quantitative estimate of drug-likeness (QED) is 0.463. The van der Waals surface area contributed by atoms with Crippen molar-refractivity contribution < 1.29 is 36.6 Å². The number of para-hydroxylation sites is 1. The Labute approximate surface area is 171 Å². The Hall–Kier alpha value is -1.78. The lowest BCUT2D eigenvalue weighted by molar-refractivity contribution is -0.156. The van der Waals surface area contributed by atoms with Crippen molar-refractivity contribution in [3.8, 4) is 0 Å². The first-order valence-corrected chi connectivity index (χ1v) is 9.60. The molecule has 0 aliphatic carbocycles. The van der Waals surface area contributed by atoms with E-state index in [9.17, 15) is 36.6 Å². The average Bonchev–Trinajstić information content (AvgIpc) is 2.65. The molecule has 2 unspecified atom stereocenters. The van der Waals surface area contributed by atoms with Gasteiger partial charge in [-0.1, -0.05) is 25.1 Å². The summed E-state index contributed by atoms with van der Waals surface area (Å²) < 4.78 is 79.0. The van der Waals surface area contributed by atoms with Crippen LogP contribution in [0.25, 0.3) is 5.57 Å². The third-order valence-electron chi connectivity index (χ3n) is 5.42. The summed E-state index contributed by atoms with van der Waals surface area (Å²) in [6.07, 6.45) is -8.82. The largest absolute Gasteiger partial charge is 0.418 e. The van der Waals surface area contributed by atoms with E-state index in [1.165, 1.54) is 6.07 Å². The lowest BCUT2D eigenvalue weighted by atomic mass is 9.91. The normalized spacial score (nSPS) is 19.7. The summed E-state index contributed by atoms with van der Waals surface area (Å²) in [5.74, 6) is -1.87. The van der Waals surface area contributed by atoms with Crippen LogP contribution >= 0.6 is 0 Å². The molecule has 1 aromatic carbocycles. The SMILES string of the molecule is CC(C=C(c1cccc(C(F)(F)F)c1N)C(O)CN1CCC(CO)CC1)C(F)(F)F. The van der Waals surface area contributed by atoms with Crippen LogP contribution in [0.5, 0.6) is 0 Å². The number of alkyl halides is 6. The predicted molar refractivity (Wildman–Crippen MR) is 101 cm³/mol. The summed E-state index contributed by atoms with van der Waals surface area (Å²) in [7, 11) is 0. The molecule has 0 radical (unpaired) electrons. The van der Waals surface area contributed by atoms with E-state index >= 15 is 0 Å². The van der Waals surface area contributed by atoms with Gasteiger partial charge >= 0.3 is 12.4 Å². The maximum Gasteiger partial charge on any atom is 0.418 e. The lowest BCUT2D eigenvalue weighted by Gasteiger charge is -2.33. The number of allylic oxidation sites excluding steroid dienone is 1. The van der Waals surface area contributed by atoms with Gasteiger partial charge < -0.3 is 20.8 Å². The molecule has 2 atom stereocenters. The number of rotatable bonds is 6. The molecule has 10 heteroatoms. The molecular formula is C20H26F6N2O2. The number of nitrogens with two attached hydrogens (primary N) is 1. The number of anilines is 1. The van der Waals surface area contributed by atoms with E-state index in [2.05, 4.69) is 0 Å². The van der Waals surface area contributed by atoms with Crippen LogP contribution in [-0.4, -0.2) is 53.6 Å². The van der Waals surface area contributed by atoms with Gasteiger partial charge in [0.1, 0.15) is 0 Å². The van der Waals surface area contributed by atoms with E-state index in [1.54, 1.807) is 0 Å². The van der Waals surface area contributed by atoms with Crippen LogP contribution in [0.15, 0.2) is 24.3 Å². The summed E-state index contributed by atoms with van der Waals surface area (Å²) >= 11 is 0. The van der Waals surface area contributed by atoms with Gasteiger partial charge in [-0.15, -0.1) is 0 Å². The molecule has 1 aliphatic heterocycles. The van der Waals surface area contributed by atoms with Crippen LogP contribution in [0, 0.1) is 11.8 Å². The number of hydrogen-bond donors (Lipinski definition) is 3. The second-order valence-corrected chi connectivity index (χ2v) is 7.66. The number of nitrogen functional groups attached to an aromatic ring is 1. The van der Waals surface area contributed by atoms with Crippen molar-refractivity contribution in [2.45, 2.75) is 38.2 Å². The number of aliphatic hydroxyl groups is 2. The van der Waals surface area contributed by atoms with Gasteiger partial charge in [0.2, 0.25) is 0 Å². The number of likely N-dealkylation sites (tertiary alicyclic amines) is 1. The van der Waals surface area contributed by atoms with Gasteiger partial charge in [0, 0.05) is 18.7 Å². The molecule has 30 heavy (non-hydrogen) atoms. The van der Waals surface area contributed by atoms with Crippen molar-refractivity contribution in [3.63, 3.8) is 0 Å². The Kier molecular flexibility index (Phi) is 7.81. The molecule has 1 fully saturated rings. The van der Waals surface area contributed by atoms with Crippen molar-refractivity contribution in [3.05, 3.63) is 35.4 Å². The Morgan fingerprint density at radius 2 is 1.80 bits per heavy atom. The molecule has 0 saturated carbocycles.